The molecule has 7 heteroatoms. The topological polar surface area (TPSA) is 80.4 Å². The fourth-order valence-corrected chi connectivity index (χ4v) is 1.12. The Balaban J connectivity index is 3.33. The van der Waals surface area contributed by atoms with Crippen molar-refractivity contribution in [3.63, 3.8) is 0 Å². The molecule has 0 radical (unpaired) electrons. The summed E-state index contributed by atoms with van der Waals surface area (Å²) in [6.07, 6.45) is 0. The van der Waals surface area contributed by atoms with E-state index in [2.05, 4.69) is 0 Å². The zero-order valence-electron chi connectivity index (χ0n) is 8.11. The van der Waals surface area contributed by atoms with Crippen LogP contribution >= 0.6 is 0 Å². The maximum Gasteiger partial charge on any atom is 0.379 e. The fourth-order valence-electron chi connectivity index (χ4n) is 1.12. The Morgan fingerprint density at radius 3 is 2.50 bits per heavy atom. The van der Waals surface area contributed by atoms with Crippen molar-refractivity contribution in [2.24, 2.45) is 0 Å². The van der Waals surface area contributed by atoms with Gasteiger partial charge in [0.05, 0.1) is 4.92 Å². The quantitative estimate of drug-likeness (QED) is 0.637. The van der Waals surface area contributed by atoms with Crippen molar-refractivity contribution in [1.29, 1.82) is 0 Å². The molecule has 5 nitrogen and oxygen atoms in total. The van der Waals surface area contributed by atoms with Crippen molar-refractivity contribution >= 4 is 11.7 Å². The summed E-state index contributed by atoms with van der Waals surface area (Å²) in [5.74, 6) is -6.47. The molecule has 1 rings (SSSR count). The number of hydrogen-bond donors (Lipinski definition) is 1. The maximum absolute atomic E-state index is 13.0. The molecule has 16 heavy (non-hydrogen) atoms. The molecule has 0 aliphatic heterocycles. The molecule has 0 fully saturated rings. The summed E-state index contributed by atoms with van der Waals surface area (Å²) in [6.45, 7) is 1.38. The standard InChI is InChI=1S/C9H7F2NO4/c1-5-2-3-6(4-7(5)12(15)16)9(10,11)8(13)14/h2-4H,1H3,(H,13,14). The molecule has 0 spiro atoms. The van der Waals surface area contributed by atoms with Gasteiger partial charge >= 0.3 is 11.9 Å². The highest BCUT2D eigenvalue weighted by molar-refractivity contribution is 5.77. The molecule has 1 N–H and O–H groups in total. The van der Waals surface area contributed by atoms with Crippen molar-refractivity contribution in [3.8, 4) is 0 Å². The number of alkyl halides is 2. The monoisotopic (exact) mass is 231 g/mol. The average molecular weight is 231 g/mol. The average Bonchev–Trinajstić information content (AvgIpc) is 2.17. The molecular weight excluding hydrogens is 224 g/mol. The van der Waals surface area contributed by atoms with Gasteiger partial charge in [-0.25, -0.2) is 4.79 Å². The van der Waals surface area contributed by atoms with Crippen LogP contribution in [-0.2, 0) is 10.7 Å². The third kappa shape index (κ3) is 1.97. The molecule has 0 aliphatic carbocycles. The first-order valence-corrected chi connectivity index (χ1v) is 4.13. The number of carbonyl (C=O) groups is 1. The summed E-state index contributed by atoms with van der Waals surface area (Å²) in [5, 5.41) is 18.8. The molecule has 86 valence electrons. The van der Waals surface area contributed by atoms with Crippen LogP contribution in [0.2, 0.25) is 0 Å². The molecule has 0 saturated heterocycles. The second kappa shape index (κ2) is 3.84. The van der Waals surface area contributed by atoms with Crippen LogP contribution in [0, 0.1) is 17.0 Å². The Kier molecular flexibility index (Phi) is 2.88. The minimum atomic E-state index is -4.13. The van der Waals surface area contributed by atoms with E-state index in [1.807, 2.05) is 0 Å². The van der Waals surface area contributed by atoms with Crippen LogP contribution in [0.15, 0.2) is 18.2 Å². The molecule has 0 amide bonds. The lowest BCUT2D eigenvalue weighted by atomic mass is 10.1. The molecule has 1 aromatic carbocycles. The van der Waals surface area contributed by atoms with Crippen LogP contribution < -0.4 is 0 Å². The number of rotatable bonds is 3. The van der Waals surface area contributed by atoms with Crippen LogP contribution in [0.4, 0.5) is 14.5 Å². The van der Waals surface area contributed by atoms with Crippen molar-refractivity contribution in [2.45, 2.75) is 12.8 Å². The number of aryl methyl sites for hydroxylation is 1. The first kappa shape index (κ1) is 12.0. The zero-order valence-corrected chi connectivity index (χ0v) is 8.11. The molecule has 0 unspecified atom stereocenters. The van der Waals surface area contributed by atoms with E-state index in [1.54, 1.807) is 0 Å². The number of hydrogen-bond acceptors (Lipinski definition) is 3. The van der Waals surface area contributed by atoms with Gasteiger partial charge in [0, 0.05) is 17.2 Å². The molecular formula is C9H7F2NO4. The SMILES string of the molecule is Cc1ccc(C(F)(F)C(=O)O)cc1[N+](=O)[O-]. The first-order chi connectivity index (χ1) is 7.26. The first-order valence-electron chi connectivity index (χ1n) is 4.13. The molecule has 0 atom stereocenters. The third-order valence-corrected chi connectivity index (χ3v) is 2.04. The minimum Gasteiger partial charge on any atom is -0.477 e. The van der Waals surface area contributed by atoms with Crippen LogP contribution in [-0.4, -0.2) is 16.0 Å². The molecule has 0 aromatic heterocycles. The lowest BCUT2D eigenvalue weighted by molar-refractivity contribution is -0.385. The van der Waals surface area contributed by atoms with Crippen molar-refractivity contribution in [2.75, 3.05) is 0 Å². The van der Waals surface area contributed by atoms with Crippen LogP contribution in [0.5, 0.6) is 0 Å². The van der Waals surface area contributed by atoms with E-state index in [1.165, 1.54) is 6.92 Å². The second-order valence-corrected chi connectivity index (χ2v) is 3.14. The number of carboxylic acids is 1. The molecule has 0 bridgehead atoms. The Morgan fingerprint density at radius 2 is 2.06 bits per heavy atom. The van der Waals surface area contributed by atoms with Crippen molar-refractivity contribution < 1.29 is 23.6 Å². The minimum absolute atomic E-state index is 0.190. The van der Waals surface area contributed by atoms with Crippen molar-refractivity contribution in [1.82, 2.24) is 0 Å². The van der Waals surface area contributed by atoms with Gasteiger partial charge in [-0.05, 0) is 6.92 Å². The van der Waals surface area contributed by atoms with E-state index in [9.17, 15) is 23.7 Å². The molecule has 0 aliphatic rings. The smallest absolute Gasteiger partial charge is 0.379 e. The number of nitro groups is 1. The highest BCUT2D eigenvalue weighted by Gasteiger charge is 2.42. The van der Waals surface area contributed by atoms with Gasteiger partial charge in [0.15, 0.2) is 0 Å². The van der Waals surface area contributed by atoms with Gasteiger partial charge in [-0.2, -0.15) is 8.78 Å². The number of aliphatic carboxylic acids is 1. The lowest BCUT2D eigenvalue weighted by Crippen LogP contribution is -2.25. The van der Waals surface area contributed by atoms with Crippen LogP contribution in [0.25, 0.3) is 0 Å². The van der Waals surface area contributed by atoms with Gasteiger partial charge in [0.2, 0.25) is 0 Å². The fraction of sp³-hybridized carbons (Fsp3) is 0.222. The number of nitro benzene ring substituents is 1. The largest absolute Gasteiger partial charge is 0.477 e. The second-order valence-electron chi connectivity index (χ2n) is 3.14. The number of benzene rings is 1. The molecule has 1 aromatic rings. The van der Waals surface area contributed by atoms with Gasteiger partial charge in [0.25, 0.3) is 5.69 Å². The normalized spacial score (nSPS) is 11.2. The van der Waals surface area contributed by atoms with E-state index in [0.29, 0.717) is 6.07 Å². The van der Waals surface area contributed by atoms with Gasteiger partial charge in [-0.1, -0.05) is 12.1 Å². The summed E-state index contributed by atoms with van der Waals surface area (Å²) < 4.78 is 26.1. The predicted molar refractivity (Wildman–Crippen MR) is 49.4 cm³/mol. The Labute approximate surface area is 88.5 Å². The van der Waals surface area contributed by atoms with Gasteiger partial charge in [-0.15, -0.1) is 0 Å². The number of nitrogens with zero attached hydrogens (tertiary/aromatic N) is 1. The summed E-state index contributed by atoms with van der Waals surface area (Å²) in [6, 6.07) is 2.52. The van der Waals surface area contributed by atoms with Gasteiger partial charge < -0.3 is 5.11 Å². The summed E-state index contributed by atoms with van der Waals surface area (Å²) in [4.78, 5) is 19.9. The Bertz CT molecular complexity index is 459. The highest BCUT2D eigenvalue weighted by Crippen LogP contribution is 2.31. The molecule has 0 heterocycles. The summed E-state index contributed by atoms with van der Waals surface area (Å²) >= 11 is 0. The zero-order chi connectivity index (χ0) is 12.5. The third-order valence-electron chi connectivity index (χ3n) is 2.04. The van der Waals surface area contributed by atoms with Gasteiger partial charge in [-0.3, -0.25) is 10.1 Å². The van der Waals surface area contributed by atoms with E-state index in [-0.39, 0.29) is 5.56 Å². The summed E-state index contributed by atoms with van der Waals surface area (Å²) in [7, 11) is 0. The Morgan fingerprint density at radius 1 is 1.50 bits per heavy atom. The van der Waals surface area contributed by atoms with Crippen molar-refractivity contribution in [3.05, 3.63) is 39.4 Å². The summed E-state index contributed by atoms with van der Waals surface area (Å²) in [5.41, 5.74) is -1.24. The van der Waals surface area contributed by atoms with Crippen LogP contribution in [0.3, 0.4) is 0 Å². The highest BCUT2D eigenvalue weighted by atomic mass is 19.3. The van der Waals surface area contributed by atoms with Crippen LogP contribution in [0.1, 0.15) is 11.1 Å². The number of halogens is 2. The van der Waals surface area contributed by atoms with E-state index in [4.69, 9.17) is 5.11 Å². The van der Waals surface area contributed by atoms with E-state index >= 15 is 0 Å². The number of carboxylic acid groups (broad SMARTS) is 1. The Hall–Kier alpha value is -2.05. The predicted octanol–water partition coefficient (Wildman–Crippen LogP) is 2.08. The van der Waals surface area contributed by atoms with E-state index < -0.39 is 28.1 Å². The maximum atomic E-state index is 13.0. The van der Waals surface area contributed by atoms with Gasteiger partial charge in [0.1, 0.15) is 0 Å². The lowest BCUT2D eigenvalue weighted by Gasteiger charge is -2.11. The van der Waals surface area contributed by atoms with E-state index in [0.717, 1.165) is 12.1 Å². The molecule has 0 saturated carbocycles.